The van der Waals surface area contributed by atoms with E-state index in [9.17, 15) is 19.4 Å². The van der Waals surface area contributed by atoms with Crippen LogP contribution in [0.4, 0.5) is 0 Å². The minimum atomic E-state index is -4.35. The van der Waals surface area contributed by atoms with Crippen LogP contribution < -0.4 is 5.32 Å². The van der Waals surface area contributed by atoms with Gasteiger partial charge in [-0.15, -0.1) is 0 Å². The van der Waals surface area contributed by atoms with Crippen LogP contribution in [0.1, 0.15) is 181 Å². The lowest BCUT2D eigenvalue weighted by molar-refractivity contribution is -0.870. The van der Waals surface area contributed by atoms with Gasteiger partial charge in [0.25, 0.3) is 0 Å². The average Bonchev–Trinajstić information content (AvgIpc) is 3.30. The lowest BCUT2D eigenvalue weighted by Crippen LogP contribution is -2.45. The van der Waals surface area contributed by atoms with E-state index in [-0.39, 0.29) is 19.1 Å². The Hall–Kier alpha value is -3.36. The van der Waals surface area contributed by atoms with E-state index < -0.39 is 20.0 Å². The maximum atomic E-state index is 12.9. The molecule has 0 fully saturated rings. The van der Waals surface area contributed by atoms with E-state index in [4.69, 9.17) is 9.05 Å². The number of hydrogen-bond acceptors (Lipinski definition) is 5. The van der Waals surface area contributed by atoms with Crippen molar-refractivity contribution in [3.05, 3.63) is 134 Å². The Kier molecular flexibility index (Phi) is 46.3. The molecule has 0 rings (SSSR count). The van der Waals surface area contributed by atoms with Crippen molar-refractivity contribution in [2.24, 2.45) is 0 Å². The molecule has 386 valence electrons. The molecule has 3 N–H and O–H groups in total. The number of unbranched alkanes of at least 4 members (excludes halogenated alkanes) is 14. The number of rotatable bonds is 46. The first-order valence-corrected chi connectivity index (χ1v) is 28.0. The second kappa shape index (κ2) is 48.7. The van der Waals surface area contributed by atoms with Gasteiger partial charge < -0.3 is 19.8 Å². The molecule has 3 unspecified atom stereocenters. The summed E-state index contributed by atoms with van der Waals surface area (Å²) in [7, 11) is 1.52. The number of phosphoric ester groups is 1. The fourth-order valence-corrected chi connectivity index (χ4v) is 7.54. The number of hydrogen-bond donors (Lipinski definition) is 3. The normalized spacial score (nSPS) is 15.1. The number of nitrogens with one attached hydrogen (secondary N) is 1. The fourth-order valence-electron chi connectivity index (χ4n) is 6.80. The Morgan fingerprint density at radius 3 is 1.35 bits per heavy atom. The summed E-state index contributed by atoms with van der Waals surface area (Å²) >= 11 is 0. The highest BCUT2D eigenvalue weighted by Gasteiger charge is 2.27. The number of phosphoric acid groups is 1. The molecule has 0 saturated carbocycles. The van der Waals surface area contributed by atoms with Crippen molar-refractivity contribution in [2.75, 3.05) is 40.9 Å². The quantitative estimate of drug-likeness (QED) is 0.0243. The Bertz CT molecular complexity index is 1560. The summed E-state index contributed by atoms with van der Waals surface area (Å²) in [4.78, 5) is 23.1. The molecule has 9 heteroatoms. The minimum Gasteiger partial charge on any atom is -0.387 e. The number of aliphatic hydroxyl groups excluding tert-OH is 1. The molecule has 0 aliphatic rings. The summed E-state index contributed by atoms with van der Waals surface area (Å²) in [6, 6.07) is -0.877. The summed E-state index contributed by atoms with van der Waals surface area (Å²) in [5.74, 6) is -0.203. The van der Waals surface area contributed by atoms with E-state index in [1.54, 1.807) is 6.08 Å². The van der Waals surface area contributed by atoms with E-state index in [1.165, 1.54) is 64.2 Å². The second-order valence-corrected chi connectivity index (χ2v) is 20.0. The third kappa shape index (κ3) is 50.5. The Labute approximate surface area is 417 Å². The Morgan fingerprint density at radius 1 is 0.529 bits per heavy atom. The van der Waals surface area contributed by atoms with E-state index >= 15 is 0 Å². The van der Waals surface area contributed by atoms with Crippen molar-refractivity contribution >= 4 is 13.7 Å². The molecular weight excluding hydrogens is 864 g/mol. The molecule has 0 bridgehead atoms. The zero-order chi connectivity index (χ0) is 49.9. The zero-order valence-electron chi connectivity index (χ0n) is 43.8. The molecule has 0 aromatic rings. The maximum absolute atomic E-state index is 12.9. The van der Waals surface area contributed by atoms with E-state index in [0.29, 0.717) is 17.4 Å². The first-order valence-electron chi connectivity index (χ1n) is 26.5. The molecule has 0 saturated heterocycles. The van der Waals surface area contributed by atoms with Crippen LogP contribution in [-0.4, -0.2) is 73.4 Å². The van der Waals surface area contributed by atoms with Gasteiger partial charge in [0.15, 0.2) is 0 Å². The smallest absolute Gasteiger partial charge is 0.387 e. The summed E-state index contributed by atoms with van der Waals surface area (Å²) in [6.07, 6.45) is 74.4. The summed E-state index contributed by atoms with van der Waals surface area (Å²) < 4.78 is 23.5. The first kappa shape index (κ1) is 64.6. The number of carbonyl (C=O) groups excluding carboxylic acids is 1. The van der Waals surface area contributed by atoms with Crippen LogP contribution in [0.15, 0.2) is 134 Å². The molecule has 8 nitrogen and oxygen atoms in total. The van der Waals surface area contributed by atoms with Crippen LogP contribution in [0.25, 0.3) is 0 Å². The van der Waals surface area contributed by atoms with Crippen molar-refractivity contribution in [1.82, 2.24) is 5.32 Å². The Morgan fingerprint density at radius 2 is 0.912 bits per heavy atom. The summed E-state index contributed by atoms with van der Waals surface area (Å²) in [5.41, 5.74) is 0. The summed E-state index contributed by atoms with van der Waals surface area (Å²) in [6.45, 7) is 4.40. The lowest BCUT2D eigenvalue weighted by atomic mass is 10.0. The second-order valence-electron chi connectivity index (χ2n) is 18.5. The van der Waals surface area contributed by atoms with Crippen molar-refractivity contribution in [1.29, 1.82) is 0 Å². The molecule has 0 heterocycles. The van der Waals surface area contributed by atoms with Gasteiger partial charge >= 0.3 is 7.82 Å². The SMILES string of the molecule is C/C=C/CC/C=C/CC/C=C/C(O)C(COP(=O)(O)OCC[N+](C)(C)C)NC(=O)CCCCCCCCCCCCCC/C=C\C/C=C\C/C=C\C/C=C\C/C=C\C/C=C\C/C=C\C/C=C\CC. The number of carbonyl (C=O) groups is 1. The minimum absolute atomic E-state index is 0.0465. The van der Waals surface area contributed by atoms with Crippen molar-refractivity contribution < 1.29 is 32.9 Å². The molecule has 0 aromatic carbocycles. The number of allylic oxidation sites excluding steroid dienone is 21. The van der Waals surface area contributed by atoms with Crippen molar-refractivity contribution in [3.8, 4) is 0 Å². The van der Waals surface area contributed by atoms with Crippen molar-refractivity contribution in [2.45, 2.75) is 193 Å². The Balaban J connectivity index is 4.04. The molecule has 0 spiro atoms. The molecule has 0 aliphatic carbocycles. The van der Waals surface area contributed by atoms with Crippen LogP contribution in [0.2, 0.25) is 0 Å². The highest BCUT2D eigenvalue weighted by molar-refractivity contribution is 7.47. The van der Waals surface area contributed by atoms with Gasteiger partial charge in [0.05, 0.1) is 39.9 Å². The monoisotopic (exact) mass is 964 g/mol. The maximum Gasteiger partial charge on any atom is 0.472 e. The third-order valence-electron chi connectivity index (χ3n) is 10.9. The van der Waals surface area contributed by atoms with Crippen molar-refractivity contribution in [3.63, 3.8) is 0 Å². The number of likely N-dealkylation sites (N-methyl/N-ethyl adjacent to an activating group) is 1. The van der Waals surface area contributed by atoms with Gasteiger partial charge in [-0.25, -0.2) is 4.57 Å². The highest BCUT2D eigenvalue weighted by atomic mass is 31.2. The molecular formula is C59H100N2O6P+. The number of nitrogens with zero attached hydrogens (tertiary/aromatic N) is 1. The predicted molar refractivity (Wildman–Crippen MR) is 294 cm³/mol. The largest absolute Gasteiger partial charge is 0.472 e. The number of aliphatic hydroxyl groups is 1. The van der Waals surface area contributed by atoms with Gasteiger partial charge in [-0.1, -0.05) is 205 Å². The third-order valence-corrected chi connectivity index (χ3v) is 11.9. The zero-order valence-corrected chi connectivity index (χ0v) is 44.7. The van der Waals surface area contributed by atoms with Crippen LogP contribution in [0.3, 0.4) is 0 Å². The van der Waals surface area contributed by atoms with E-state index in [2.05, 4.69) is 128 Å². The summed E-state index contributed by atoms with van der Waals surface area (Å²) in [5, 5.41) is 13.7. The first-order chi connectivity index (χ1) is 33.0. The van der Waals surface area contributed by atoms with Crippen LogP contribution in [-0.2, 0) is 18.4 Å². The number of quaternary nitrogens is 1. The highest BCUT2D eigenvalue weighted by Crippen LogP contribution is 2.43. The van der Waals surface area contributed by atoms with Gasteiger partial charge in [0.1, 0.15) is 13.2 Å². The fraction of sp³-hybridized carbons (Fsp3) is 0.610. The predicted octanol–water partition coefficient (Wildman–Crippen LogP) is 16.0. The van der Waals surface area contributed by atoms with E-state index in [1.807, 2.05) is 40.2 Å². The molecule has 0 aromatic heterocycles. The molecule has 68 heavy (non-hydrogen) atoms. The number of amides is 1. The van der Waals surface area contributed by atoms with Gasteiger partial charge in [0, 0.05) is 6.42 Å². The standard InChI is InChI=1S/C59H99N2O6P/c1-6-8-10-12-14-16-17-18-19-20-21-22-23-24-25-26-27-28-29-30-31-32-33-34-35-36-37-38-39-40-41-42-43-45-47-49-51-53-59(63)60-57(56-67-68(64,65)66-55-54-61(3,4)5)58(62)52-50-48-46-44-15-13-11-9-7-2/h7-10,14-16,18-19,21-22,24-25,27-28,30-31,33-34,44,50,52,57-58,62H,6,11-13,17,20,23,26,29,32,35-43,45-49,51,53-56H2,1-5H3,(H-,60,63,64,65)/p+1/b9-7+,10-8-,16-14-,19-18-,22-21-,25-24-,28-27-,31-30-,34-33-,44-15+,52-50+. The molecule has 0 aliphatic heterocycles. The average molecular weight is 964 g/mol. The topological polar surface area (TPSA) is 105 Å². The molecule has 3 atom stereocenters. The lowest BCUT2D eigenvalue weighted by Gasteiger charge is -2.25. The van der Waals surface area contributed by atoms with Gasteiger partial charge in [-0.05, 0) is 103 Å². The van der Waals surface area contributed by atoms with Gasteiger partial charge in [-0.2, -0.15) is 0 Å². The van der Waals surface area contributed by atoms with Gasteiger partial charge in [-0.3, -0.25) is 13.8 Å². The molecule has 0 radical (unpaired) electrons. The van der Waals surface area contributed by atoms with Crippen LogP contribution >= 0.6 is 7.82 Å². The van der Waals surface area contributed by atoms with Crippen LogP contribution in [0, 0.1) is 0 Å². The molecule has 1 amide bonds. The van der Waals surface area contributed by atoms with Gasteiger partial charge in [0.2, 0.25) is 5.91 Å². The van der Waals surface area contributed by atoms with Crippen LogP contribution in [0.5, 0.6) is 0 Å². The van der Waals surface area contributed by atoms with E-state index in [0.717, 1.165) is 96.3 Å².